The molecule has 0 bridgehead atoms. The Morgan fingerprint density at radius 3 is 2.35 bits per heavy atom. The van der Waals surface area contributed by atoms with E-state index in [1.54, 1.807) is 7.11 Å². The Morgan fingerprint density at radius 2 is 1.82 bits per heavy atom. The van der Waals surface area contributed by atoms with Crippen molar-refractivity contribution in [1.29, 1.82) is 0 Å². The second-order valence-electron chi connectivity index (χ2n) is 6.02. The summed E-state index contributed by atoms with van der Waals surface area (Å²) < 4.78 is 11.1. The minimum absolute atomic E-state index is 0.736. The van der Waals surface area contributed by atoms with Gasteiger partial charge in [0.25, 0.3) is 5.95 Å². The van der Waals surface area contributed by atoms with Crippen LogP contribution in [0.3, 0.4) is 0 Å². The van der Waals surface area contributed by atoms with Gasteiger partial charge in [-0.05, 0) is 44.5 Å². The van der Waals surface area contributed by atoms with Crippen molar-refractivity contribution >= 4 is 8.32 Å². The third-order valence-electron chi connectivity index (χ3n) is 3.22. The zero-order chi connectivity index (χ0) is 12.7. The van der Waals surface area contributed by atoms with Crippen LogP contribution in [0.5, 0.6) is 0 Å². The van der Waals surface area contributed by atoms with Crippen LogP contribution in [0.1, 0.15) is 44.9 Å². The standard InChI is InChI=1S/C14H28O2Si/c1-15-14(16-17(2,3)4)12-8-11-13-9-6-5-7-10-13/h12-13H,5-11H2,1-4H3/b14-12-. The lowest BCUT2D eigenvalue weighted by Crippen LogP contribution is -2.25. The molecule has 0 aliphatic heterocycles. The molecule has 1 aliphatic rings. The summed E-state index contributed by atoms with van der Waals surface area (Å²) in [6.07, 6.45) is 11.7. The molecule has 0 aromatic rings. The molecule has 1 aliphatic carbocycles. The molecule has 0 N–H and O–H groups in total. The van der Waals surface area contributed by atoms with E-state index >= 15 is 0 Å². The molecule has 17 heavy (non-hydrogen) atoms. The molecular weight excluding hydrogens is 228 g/mol. The van der Waals surface area contributed by atoms with Gasteiger partial charge in [-0.15, -0.1) is 0 Å². The molecule has 0 saturated heterocycles. The lowest BCUT2D eigenvalue weighted by atomic mass is 9.86. The van der Waals surface area contributed by atoms with E-state index in [2.05, 4.69) is 25.7 Å². The van der Waals surface area contributed by atoms with Crippen molar-refractivity contribution in [2.75, 3.05) is 7.11 Å². The molecule has 1 rings (SSSR count). The summed E-state index contributed by atoms with van der Waals surface area (Å²) in [5, 5.41) is 0. The Kier molecular flexibility index (Phi) is 6.10. The molecule has 0 radical (unpaired) electrons. The van der Waals surface area contributed by atoms with Crippen molar-refractivity contribution in [3.63, 3.8) is 0 Å². The van der Waals surface area contributed by atoms with E-state index in [0.29, 0.717) is 0 Å². The number of ether oxygens (including phenoxy) is 1. The maximum Gasteiger partial charge on any atom is 0.260 e. The lowest BCUT2D eigenvalue weighted by molar-refractivity contribution is 0.145. The molecular formula is C14H28O2Si. The zero-order valence-corrected chi connectivity index (χ0v) is 12.9. The Morgan fingerprint density at radius 1 is 1.18 bits per heavy atom. The van der Waals surface area contributed by atoms with Crippen molar-refractivity contribution in [3.05, 3.63) is 12.0 Å². The predicted molar refractivity (Wildman–Crippen MR) is 75.3 cm³/mol. The van der Waals surface area contributed by atoms with Crippen molar-refractivity contribution < 1.29 is 9.16 Å². The first-order valence-corrected chi connectivity index (χ1v) is 10.4. The minimum Gasteiger partial charge on any atom is -0.520 e. The van der Waals surface area contributed by atoms with Crippen LogP contribution in [0.2, 0.25) is 19.6 Å². The summed E-state index contributed by atoms with van der Waals surface area (Å²) in [4.78, 5) is 0. The van der Waals surface area contributed by atoms with Crippen LogP contribution in [0.25, 0.3) is 0 Å². The van der Waals surface area contributed by atoms with Gasteiger partial charge in [0.15, 0.2) is 0 Å². The molecule has 0 heterocycles. The smallest absolute Gasteiger partial charge is 0.260 e. The number of hydrogen-bond donors (Lipinski definition) is 0. The summed E-state index contributed by atoms with van der Waals surface area (Å²) in [5.74, 6) is 1.67. The molecule has 0 unspecified atom stereocenters. The van der Waals surface area contributed by atoms with Gasteiger partial charge in [0, 0.05) is 0 Å². The SMILES string of the molecule is CO/C(=C/CCC1CCCCC1)O[Si](C)(C)C. The van der Waals surface area contributed by atoms with Gasteiger partial charge in [0.1, 0.15) is 0 Å². The second-order valence-corrected chi connectivity index (χ2v) is 10.5. The average Bonchev–Trinajstić information content (AvgIpc) is 2.27. The van der Waals surface area contributed by atoms with Crippen LogP contribution in [0.4, 0.5) is 0 Å². The normalized spacial score (nSPS) is 19.2. The van der Waals surface area contributed by atoms with Crippen molar-refractivity contribution in [3.8, 4) is 0 Å². The van der Waals surface area contributed by atoms with E-state index in [0.717, 1.165) is 18.3 Å². The predicted octanol–water partition coefficient (Wildman–Crippen LogP) is 4.69. The van der Waals surface area contributed by atoms with Gasteiger partial charge in [0.05, 0.1) is 7.11 Å². The summed E-state index contributed by atoms with van der Waals surface area (Å²) in [5.41, 5.74) is 0. The van der Waals surface area contributed by atoms with Gasteiger partial charge in [-0.1, -0.05) is 32.1 Å². The number of hydrogen-bond acceptors (Lipinski definition) is 2. The monoisotopic (exact) mass is 256 g/mol. The lowest BCUT2D eigenvalue weighted by Gasteiger charge is -2.22. The fourth-order valence-electron chi connectivity index (χ4n) is 2.38. The molecule has 0 aromatic heterocycles. The largest absolute Gasteiger partial charge is 0.520 e. The molecule has 0 amide bonds. The second kappa shape index (κ2) is 7.09. The highest BCUT2D eigenvalue weighted by atomic mass is 28.4. The molecule has 1 saturated carbocycles. The van der Waals surface area contributed by atoms with E-state index in [4.69, 9.17) is 9.16 Å². The first-order valence-electron chi connectivity index (χ1n) is 6.94. The molecule has 0 atom stereocenters. The maximum absolute atomic E-state index is 5.85. The molecule has 100 valence electrons. The Hall–Kier alpha value is -0.443. The number of methoxy groups -OCH3 is 1. The molecule has 0 aromatic carbocycles. The Bertz CT molecular complexity index is 237. The summed E-state index contributed by atoms with van der Waals surface area (Å²) in [6.45, 7) is 6.54. The average molecular weight is 256 g/mol. The van der Waals surface area contributed by atoms with Crippen molar-refractivity contribution in [2.45, 2.75) is 64.6 Å². The molecule has 2 nitrogen and oxygen atoms in total. The highest BCUT2D eigenvalue weighted by molar-refractivity contribution is 6.69. The molecule has 1 fully saturated rings. The van der Waals surface area contributed by atoms with E-state index in [1.165, 1.54) is 38.5 Å². The van der Waals surface area contributed by atoms with Gasteiger partial charge in [-0.25, -0.2) is 0 Å². The summed E-state index contributed by atoms with van der Waals surface area (Å²) >= 11 is 0. The fraction of sp³-hybridized carbons (Fsp3) is 0.857. The third-order valence-corrected chi connectivity index (χ3v) is 4.03. The van der Waals surface area contributed by atoms with Gasteiger partial charge < -0.3 is 9.16 Å². The maximum atomic E-state index is 5.85. The highest BCUT2D eigenvalue weighted by Gasteiger charge is 2.18. The van der Waals surface area contributed by atoms with Crippen LogP contribution in [0, 0.1) is 5.92 Å². The quantitative estimate of drug-likeness (QED) is 0.507. The molecule has 0 spiro atoms. The van der Waals surface area contributed by atoms with Gasteiger partial charge in [-0.2, -0.15) is 0 Å². The first-order chi connectivity index (χ1) is 8.01. The van der Waals surface area contributed by atoms with E-state index < -0.39 is 8.32 Å². The highest BCUT2D eigenvalue weighted by Crippen LogP contribution is 2.27. The van der Waals surface area contributed by atoms with Crippen LogP contribution < -0.4 is 0 Å². The Balaban J connectivity index is 2.29. The van der Waals surface area contributed by atoms with Crippen LogP contribution >= 0.6 is 0 Å². The third kappa shape index (κ3) is 6.77. The van der Waals surface area contributed by atoms with Gasteiger partial charge in [0.2, 0.25) is 8.32 Å². The van der Waals surface area contributed by atoms with Crippen LogP contribution in [-0.4, -0.2) is 15.4 Å². The minimum atomic E-state index is -1.52. The fourth-order valence-corrected chi connectivity index (χ4v) is 3.15. The van der Waals surface area contributed by atoms with Crippen molar-refractivity contribution in [2.24, 2.45) is 5.92 Å². The van der Waals surface area contributed by atoms with Gasteiger partial charge >= 0.3 is 0 Å². The zero-order valence-electron chi connectivity index (χ0n) is 11.9. The summed E-state index contributed by atoms with van der Waals surface area (Å²) in [6, 6.07) is 0. The van der Waals surface area contributed by atoms with Crippen LogP contribution in [-0.2, 0) is 9.16 Å². The van der Waals surface area contributed by atoms with E-state index in [1.807, 2.05) is 0 Å². The van der Waals surface area contributed by atoms with Crippen molar-refractivity contribution in [1.82, 2.24) is 0 Å². The molecule has 3 heteroatoms. The Labute approximate surface area is 108 Å². The van der Waals surface area contributed by atoms with E-state index in [9.17, 15) is 0 Å². The van der Waals surface area contributed by atoms with Gasteiger partial charge in [-0.3, -0.25) is 0 Å². The number of rotatable bonds is 6. The van der Waals surface area contributed by atoms with Crippen LogP contribution in [0.15, 0.2) is 12.0 Å². The topological polar surface area (TPSA) is 18.5 Å². The van der Waals surface area contributed by atoms with E-state index in [-0.39, 0.29) is 0 Å². The summed E-state index contributed by atoms with van der Waals surface area (Å²) in [7, 11) is 0.177. The number of allylic oxidation sites excluding steroid dienone is 1. The first kappa shape index (κ1) is 14.6.